The number of rotatable bonds is 5. The van der Waals surface area contributed by atoms with Crippen molar-refractivity contribution in [2.75, 3.05) is 37.7 Å². The second-order valence-electron chi connectivity index (χ2n) is 5.48. The molecule has 0 saturated carbocycles. The van der Waals surface area contributed by atoms with Gasteiger partial charge in [0.25, 0.3) is 5.91 Å². The fraction of sp³-hybridized carbons (Fsp3) is 0.692. The Balaban J connectivity index is 1.94. The van der Waals surface area contributed by atoms with E-state index in [1.165, 1.54) is 18.0 Å². The summed E-state index contributed by atoms with van der Waals surface area (Å²) in [5.41, 5.74) is 6.22. The minimum Gasteiger partial charge on any atom is -0.382 e. The minimum atomic E-state index is -0.186. The zero-order chi connectivity index (χ0) is 14.7. The Morgan fingerprint density at radius 1 is 1.60 bits per heavy atom. The van der Waals surface area contributed by atoms with E-state index < -0.39 is 0 Å². The van der Waals surface area contributed by atoms with E-state index in [-0.39, 0.29) is 5.91 Å². The number of nitrogens with two attached hydrogens (primary N) is 1. The van der Waals surface area contributed by atoms with E-state index in [1.807, 2.05) is 0 Å². The second kappa shape index (κ2) is 6.41. The van der Waals surface area contributed by atoms with Gasteiger partial charge in [0.1, 0.15) is 10.6 Å². The van der Waals surface area contributed by atoms with E-state index in [2.05, 4.69) is 33.8 Å². The smallest absolute Gasteiger partial charge is 0.257 e. The van der Waals surface area contributed by atoms with Crippen molar-refractivity contribution in [2.24, 2.45) is 5.92 Å². The number of hydrogen-bond acceptors (Lipinski definition) is 6. The highest BCUT2D eigenvalue weighted by molar-refractivity contribution is 7.11. The fourth-order valence-electron chi connectivity index (χ4n) is 2.50. The average molecular weight is 297 g/mol. The van der Waals surface area contributed by atoms with E-state index in [4.69, 9.17) is 5.73 Å². The van der Waals surface area contributed by atoms with Gasteiger partial charge in [-0.15, -0.1) is 0 Å². The van der Waals surface area contributed by atoms with Gasteiger partial charge in [-0.05, 0) is 44.3 Å². The first kappa shape index (κ1) is 15.1. The molecular weight excluding hydrogens is 274 g/mol. The lowest BCUT2D eigenvalue weighted by atomic mass is 10.1. The van der Waals surface area contributed by atoms with Crippen LogP contribution in [-0.2, 0) is 0 Å². The lowest BCUT2D eigenvalue weighted by Gasteiger charge is -2.20. The highest BCUT2D eigenvalue weighted by Crippen LogP contribution is 2.27. The fourth-order valence-corrected chi connectivity index (χ4v) is 3.22. The molecule has 1 aromatic heterocycles. The summed E-state index contributed by atoms with van der Waals surface area (Å²) in [7, 11) is 1.60. The molecule has 0 aromatic carbocycles. The maximum Gasteiger partial charge on any atom is 0.257 e. The van der Waals surface area contributed by atoms with E-state index in [1.54, 1.807) is 7.05 Å². The summed E-state index contributed by atoms with van der Waals surface area (Å²) in [5, 5.41) is 6.71. The summed E-state index contributed by atoms with van der Waals surface area (Å²) in [6.07, 6.45) is 1.19. The van der Waals surface area contributed by atoms with E-state index >= 15 is 0 Å². The van der Waals surface area contributed by atoms with Crippen molar-refractivity contribution in [3.8, 4) is 0 Å². The Morgan fingerprint density at radius 2 is 2.35 bits per heavy atom. The van der Waals surface area contributed by atoms with Crippen LogP contribution in [0.3, 0.4) is 0 Å². The first-order valence-electron chi connectivity index (χ1n) is 6.98. The van der Waals surface area contributed by atoms with Crippen molar-refractivity contribution in [3.05, 3.63) is 5.56 Å². The zero-order valence-electron chi connectivity index (χ0n) is 12.3. The molecule has 112 valence electrons. The predicted octanol–water partition coefficient (Wildman–Crippen LogP) is 1.23. The van der Waals surface area contributed by atoms with Crippen LogP contribution in [0.25, 0.3) is 0 Å². The van der Waals surface area contributed by atoms with Crippen molar-refractivity contribution in [1.82, 2.24) is 14.6 Å². The Kier molecular flexibility index (Phi) is 4.82. The lowest BCUT2D eigenvalue weighted by Crippen LogP contribution is -2.29. The largest absolute Gasteiger partial charge is 0.382 e. The summed E-state index contributed by atoms with van der Waals surface area (Å²) in [6.45, 7) is 7.56. The van der Waals surface area contributed by atoms with Gasteiger partial charge >= 0.3 is 0 Å². The van der Waals surface area contributed by atoms with Crippen LogP contribution >= 0.6 is 11.5 Å². The van der Waals surface area contributed by atoms with Crippen molar-refractivity contribution in [1.29, 1.82) is 0 Å². The Labute approximate surface area is 123 Å². The average Bonchev–Trinajstić information content (AvgIpc) is 3.02. The van der Waals surface area contributed by atoms with E-state index in [0.717, 1.165) is 24.6 Å². The lowest BCUT2D eigenvalue weighted by molar-refractivity contribution is 0.0965. The number of likely N-dealkylation sites (tertiary alicyclic amines) is 1. The molecule has 20 heavy (non-hydrogen) atoms. The maximum absolute atomic E-state index is 11.8. The van der Waals surface area contributed by atoms with Crippen molar-refractivity contribution < 1.29 is 4.79 Å². The number of nitrogens with one attached hydrogen (secondary N) is 2. The van der Waals surface area contributed by atoms with Crippen LogP contribution in [0.15, 0.2) is 0 Å². The van der Waals surface area contributed by atoms with Crippen LogP contribution in [0, 0.1) is 5.92 Å². The number of carbonyl (C=O) groups is 1. The third-order valence-electron chi connectivity index (χ3n) is 3.77. The van der Waals surface area contributed by atoms with Crippen LogP contribution in [-0.4, -0.2) is 47.9 Å². The molecule has 0 radical (unpaired) electrons. The standard InChI is InChI=1S/C13H23N5OS/c1-8(2)18-5-4-9(7-18)6-16-13-10(12(19)15-3)11(14)17-20-13/h8-9,16H,4-7H2,1-3H3,(H2,14,17)(H,15,19). The predicted molar refractivity (Wildman–Crippen MR) is 83.2 cm³/mol. The van der Waals surface area contributed by atoms with Gasteiger partial charge in [-0.25, -0.2) is 0 Å². The van der Waals surface area contributed by atoms with Crippen molar-refractivity contribution >= 4 is 28.3 Å². The second-order valence-corrected chi connectivity index (χ2v) is 6.25. The highest BCUT2D eigenvalue weighted by atomic mass is 32.1. The van der Waals surface area contributed by atoms with Crippen molar-refractivity contribution in [2.45, 2.75) is 26.3 Å². The summed E-state index contributed by atoms with van der Waals surface area (Å²) in [4.78, 5) is 14.3. The van der Waals surface area contributed by atoms with Gasteiger partial charge in [-0.2, -0.15) is 4.37 Å². The monoisotopic (exact) mass is 297 g/mol. The quantitative estimate of drug-likeness (QED) is 0.761. The molecule has 1 aliphatic heterocycles. The molecule has 0 aliphatic carbocycles. The number of anilines is 2. The van der Waals surface area contributed by atoms with Crippen LogP contribution in [0.2, 0.25) is 0 Å². The number of carbonyl (C=O) groups excluding carboxylic acids is 1. The summed E-state index contributed by atoms with van der Waals surface area (Å²) >= 11 is 1.25. The summed E-state index contributed by atoms with van der Waals surface area (Å²) in [6, 6.07) is 0.598. The third-order valence-corrected chi connectivity index (χ3v) is 4.59. The molecule has 1 unspecified atom stereocenters. The zero-order valence-corrected chi connectivity index (χ0v) is 13.1. The van der Waals surface area contributed by atoms with E-state index in [9.17, 15) is 4.79 Å². The summed E-state index contributed by atoms with van der Waals surface area (Å²) in [5.74, 6) is 0.722. The van der Waals surface area contributed by atoms with Crippen LogP contribution in [0.1, 0.15) is 30.6 Å². The maximum atomic E-state index is 11.8. The third kappa shape index (κ3) is 3.21. The molecule has 0 bridgehead atoms. The Hall–Kier alpha value is -1.34. The van der Waals surface area contributed by atoms with Crippen LogP contribution in [0.5, 0.6) is 0 Å². The van der Waals surface area contributed by atoms with Gasteiger partial charge in [0.2, 0.25) is 0 Å². The van der Waals surface area contributed by atoms with Gasteiger partial charge < -0.3 is 21.3 Å². The van der Waals surface area contributed by atoms with Gasteiger partial charge in [0.15, 0.2) is 5.82 Å². The first-order valence-corrected chi connectivity index (χ1v) is 7.75. The molecule has 6 nitrogen and oxygen atoms in total. The molecule has 1 fully saturated rings. The molecule has 0 spiro atoms. The number of amides is 1. The molecule has 1 aliphatic rings. The molecule has 1 saturated heterocycles. The number of aromatic nitrogens is 1. The van der Waals surface area contributed by atoms with Gasteiger partial charge in [-0.1, -0.05) is 0 Å². The van der Waals surface area contributed by atoms with Gasteiger partial charge in [0.05, 0.1) is 0 Å². The molecule has 2 heterocycles. The molecule has 1 atom stereocenters. The van der Waals surface area contributed by atoms with E-state index in [0.29, 0.717) is 23.3 Å². The Bertz CT molecular complexity index is 473. The normalized spacial score (nSPS) is 19.5. The molecule has 1 amide bonds. The molecule has 7 heteroatoms. The van der Waals surface area contributed by atoms with Crippen molar-refractivity contribution in [3.63, 3.8) is 0 Å². The number of nitrogens with zero attached hydrogens (tertiary/aromatic N) is 2. The first-order chi connectivity index (χ1) is 9.52. The van der Waals surface area contributed by atoms with Crippen LogP contribution in [0.4, 0.5) is 10.8 Å². The number of nitrogen functional groups attached to an aromatic ring is 1. The Morgan fingerprint density at radius 3 is 2.95 bits per heavy atom. The molecule has 4 N–H and O–H groups in total. The topological polar surface area (TPSA) is 83.3 Å². The summed E-state index contributed by atoms with van der Waals surface area (Å²) < 4.78 is 4.06. The SMILES string of the molecule is CNC(=O)c1c(N)nsc1NCC1CCN(C(C)C)C1. The van der Waals surface area contributed by atoms with Gasteiger partial charge in [0, 0.05) is 26.2 Å². The van der Waals surface area contributed by atoms with Crippen LogP contribution < -0.4 is 16.4 Å². The molecular formula is C13H23N5OS. The number of hydrogen-bond donors (Lipinski definition) is 3. The molecule has 2 rings (SSSR count). The van der Waals surface area contributed by atoms with Gasteiger partial charge in [-0.3, -0.25) is 4.79 Å². The molecule has 1 aromatic rings. The highest BCUT2D eigenvalue weighted by Gasteiger charge is 2.25. The minimum absolute atomic E-state index is 0.186.